The molecule has 0 saturated carbocycles. The molecule has 19 rings (SSSR count). The molecule has 0 bridgehead atoms. The van der Waals surface area contributed by atoms with Crippen molar-refractivity contribution in [2.75, 3.05) is 7.15 Å². The van der Waals surface area contributed by atoms with Gasteiger partial charge in [0.15, 0.2) is 0 Å². The molecular weight excluding hydrogens is 1440 g/mol. The summed E-state index contributed by atoms with van der Waals surface area (Å²) in [5, 5.41) is 43.2. The van der Waals surface area contributed by atoms with Crippen molar-refractivity contribution in [1.29, 1.82) is 15.8 Å². The number of nitriles is 3. The Balaban J connectivity index is 0.000000212. The van der Waals surface area contributed by atoms with Gasteiger partial charge in [-0.05, 0) is 103 Å². The largest absolute Gasteiger partial charge is 1.00 e. The molecule has 1 N–H and O–H groups in total. The van der Waals surface area contributed by atoms with Crippen LogP contribution >= 0.6 is 0 Å². The SMILES string of the molecule is N#Cc1cc(-c2cc(C#N)c(-n3c4ccccc4c4ccccc43)cc2-n2c3ccccc3c3ccccc32)c(-n2c3ccccc3c3ccccc32)cc1-n1c2ccccc2c2ccccc21.[2H]CF.[C-]#[N+]c1cc(-c2cc(C#N)c(F)cc2F)c(F)cc1F.[H-].[I-].[Na+].c1ccc2c(c1)[nH]c1ccccc12. The number of hydrogen-bond acceptors (Lipinski definition) is 3. The zero-order chi connectivity index (χ0) is 71.3. The fourth-order valence-corrected chi connectivity index (χ4v) is 14.7. The van der Waals surface area contributed by atoms with E-state index >= 15 is 0 Å². The number of hydrogen-bond donors (Lipinski definition) is 1. The zero-order valence-electron chi connectivity index (χ0n) is 57.8. The van der Waals surface area contributed by atoms with Crippen molar-refractivity contribution < 1.29 is 78.3 Å². The molecule has 5 aromatic heterocycles. The van der Waals surface area contributed by atoms with Crippen LogP contribution in [0.15, 0.2) is 291 Å². The van der Waals surface area contributed by atoms with Crippen LogP contribution in [0, 0.1) is 63.8 Å². The Morgan fingerprint density at radius 3 is 0.876 bits per heavy atom. The Labute approximate surface area is 639 Å². The molecule has 0 aliphatic carbocycles. The van der Waals surface area contributed by atoms with E-state index in [1.165, 1.54) is 27.9 Å². The van der Waals surface area contributed by atoms with Gasteiger partial charge in [0.2, 0.25) is 5.69 Å². The van der Waals surface area contributed by atoms with E-state index in [2.05, 4.69) is 307 Å². The minimum Gasteiger partial charge on any atom is -1.00 e. The van der Waals surface area contributed by atoms with Crippen LogP contribution in [0.3, 0.4) is 0 Å². The van der Waals surface area contributed by atoms with Crippen molar-refractivity contribution in [3.8, 4) is 63.2 Å². The normalized spacial score (nSPS) is 11.1. The molecule has 0 unspecified atom stereocenters. The van der Waals surface area contributed by atoms with Crippen LogP contribution < -0.4 is 53.5 Å². The van der Waals surface area contributed by atoms with Crippen molar-refractivity contribution in [2.45, 2.75) is 0 Å². The number of aromatic nitrogens is 5. The van der Waals surface area contributed by atoms with Crippen LogP contribution in [0.4, 0.5) is 27.6 Å². The molecule has 16 heteroatoms. The maximum Gasteiger partial charge on any atom is 1.00 e. The number of H-pyrrole nitrogens is 1. The molecule has 0 aliphatic heterocycles. The molecule has 0 amide bonds. The molecule has 5 heterocycles. The van der Waals surface area contributed by atoms with Gasteiger partial charge in [0, 0.05) is 93.2 Å². The number of nitrogens with zero attached hydrogens (tertiary/aromatic N) is 8. The van der Waals surface area contributed by atoms with E-state index in [1.54, 1.807) is 0 Å². The van der Waals surface area contributed by atoms with Crippen molar-refractivity contribution in [3.05, 3.63) is 343 Å². The van der Waals surface area contributed by atoms with E-state index < -0.39 is 52.8 Å². The van der Waals surface area contributed by atoms with E-state index in [1.807, 2.05) is 0 Å². The summed E-state index contributed by atoms with van der Waals surface area (Å²) in [4.78, 5) is 6.21. The van der Waals surface area contributed by atoms with Gasteiger partial charge in [-0.15, -0.1) is 0 Å². The van der Waals surface area contributed by atoms with Gasteiger partial charge >= 0.3 is 29.6 Å². The smallest absolute Gasteiger partial charge is 1.00 e. The molecule has 0 fully saturated rings. The first-order chi connectivity index (χ1) is 51.0. The van der Waals surface area contributed by atoms with Crippen molar-refractivity contribution in [2.24, 2.45) is 0 Å². The third-order valence-electron chi connectivity index (χ3n) is 19.1. The zero-order valence-corrected chi connectivity index (χ0v) is 59.9. The van der Waals surface area contributed by atoms with E-state index in [9.17, 15) is 32.5 Å². The second-order valence-electron chi connectivity index (χ2n) is 24.5. The van der Waals surface area contributed by atoms with E-state index in [0.29, 0.717) is 23.3 Å². The first kappa shape index (κ1) is 68.2. The number of para-hydroxylation sites is 10. The fraction of sp³-hybridized carbons (Fsp3) is 0.0112. The molecule has 19 aromatic rings. The van der Waals surface area contributed by atoms with Crippen LogP contribution in [-0.4, -0.2) is 30.4 Å². The standard InChI is InChI=1S/C62H36N6.C14H4F4N2.C12H9N.CH3F.HI.Na.H/c63-37-39-33-49(61(67-55-29-13-5-21-45(55)46-22-6-14-30-56(46)67)35-59(39)65-51-25-9-1-17-41(51)42-18-2-10-26-52(42)65)50-34-40(38-64)60(66-53-27-11-3-19-43(53)44-20-4-12-28-54(44)66)36-62(50)68-57-31-15-7-23-47(57)48-24-8-16-32-58(48)68;1-20-14-3-9(12(17)5-13(14)18)8-2-7(6-19)10(15)4-11(8)16;1-3-7-11-9(5-1)10-6-2-4-8-12(10)13-11;1-2;;;/h1-36H;2-5H;1-8,13H;1H3;1H;;/q;;;;;+1;-1/p-1/i;;;1D;;;. The summed E-state index contributed by atoms with van der Waals surface area (Å²) >= 11 is 0. The molecule has 9 nitrogen and oxygen atoms in total. The number of nitrogens with one attached hydrogen (secondary N) is 1. The first-order valence-electron chi connectivity index (χ1n) is 33.4. The number of aromatic amines is 1. The van der Waals surface area contributed by atoms with Gasteiger partial charge in [-0.25, -0.2) is 22.4 Å². The average molecular weight is 1490 g/mol. The molecule has 0 spiro atoms. The van der Waals surface area contributed by atoms with Gasteiger partial charge < -0.3 is 48.7 Å². The summed E-state index contributed by atoms with van der Waals surface area (Å²) in [6, 6.07) is 103. The number of alkyl halides is 1. The Morgan fingerprint density at radius 1 is 0.333 bits per heavy atom. The number of halogens is 6. The summed E-state index contributed by atoms with van der Waals surface area (Å²) in [5.41, 5.74) is 14.8. The maximum atomic E-state index is 13.7. The Morgan fingerprint density at radius 2 is 0.581 bits per heavy atom. The van der Waals surface area contributed by atoms with Crippen LogP contribution in [0.2, 0.25) is 0 Å². The topological polar surface area (TPSA) is 111 Å². The fourth-order valence-electron chi connectivity index (χ4n) is 14.7. The second-order valence-corrected chi connectivity index (χ2v) is 24.5. The van der Waals surface area contributed by atoms with Gasteiger partial charge in [-0.2, -0.15) is 15.8 Å². The first-order valence-corrected chi connectivity index (χ1v) is 32.7. The average Bonchev–Trinajstić information content (AvgIpc) is 1.61. The monoisotopic (exact) mass is 1490 g/mol. The quantitative estimate of drug-likeness (QED) is 0.0774. The number of rotatable bonds is 6. The third-order valence-corrected chi connectivity index (χ3v) is 19.1. The molecule has 105 heavy (non-hydrogen) atoms. The van der Waals surface area contributed by atoms with Gasteiger partial charge in [-0.1, -0.05) is 182 Å². The van der Waals surface area contributed by atoms with Crippen LogP contribution in [-0.2, 0) is 0 Å². The summed E-state index contributed by atoms with van der Waals surface area (Å²) < 4.78 is 78.4. The van der Waals surface area contributed by atoms with Gasteiger partial charge in [0.05, 0.1) is 98.7 Å². The Hall–Kier alpha value is -12.6. The molecule has 0 atom stereocenters. The Kier molecular flexibility index (Phi) is 18.9. The summed E-state index contributed by atoms with van der Waals surface area (Å²) in [6.07, 6.45) is 0. The van der Waals surface area contributed by atoms with E-state index in [0.717, 1.165) is 133 Å². The van der Waals surface area contributed by atoms with Crippen molar-refractivity contribution in [1.82, 2.24) is 23.3 Å². The van der Waals surface area contributed by atoms with Crippen molar-refractivity contribution in [3.63, 3.8) is 0 Å². The van der Waals surface area contributed by atoms with Crippen LogP contribution in [0.5, 0.6) is 0 Å². The molecule has 498 valence electrons. The number of benzene rings is 14. The van der Waals surface area contributed by atoms with Crippen molar-refractivity contribution >= 4 is 115 Å². The summed E-state index contributed by atoms with van der Waals surface area (Å²) in [6.45, 7) is 6.74. The van der Waals surface area contributed by atoms with Gasteiger partial charge in [0.25, 0.3) is 0 Å². The second kappa shape index (κ2) is 29.0. The van der Waals surface area contributed by atoms with Gasteiger partial charge in [-0.3, -0.25) is 4.39 Å². The molecular formula is C89H53F5IN9Na-. The number of fused-ring (bicyclic) bond motifs is 15. The molecule has 0 aliphatic rings. The molecule has 14 aromatic carbocycles. The summed E-state index contributed by atoms with van der Waals surface area (Å²) in [7, 11) is -1.00. The predicted molar refractivity (Wildman–Crippen MR) is 405 cm³/mol. The minimum absolute atomic E-state index is 0. The van der Waals surface area contributed by atoms with Gasteiger partial charge in [0.1, 0.15) is 41.5 Å². The Bertz CT molecular complexity index is 6290. The van der Waals surface area contributed by atoms with Crippen LogP contribution in [0.25, 0.3) is 159 Å². The minimum atomic E-state index is -1.11. The predicted octanol–water partition coefficient (Wildman–Crippen LogP) is 17.8. The maximum absolute atomic E-state index is 13.7. The van der Waals surface area contributed by atoms with E-state index in [-0.39, 0.29) is 55.0 Å². The van der Waals surface area contributed by atoms with Crippen LogP contribution in [0.1, 0.15) is 19.5 Å². The summed E-state index contributed by atoms with van der Waals surface area (Å²) in [5.74, 6) is -4.38. The molecule has 0 saturated heterocycles. The van der Waals surface area contributed by atoms with E-state index in [4.69, 9.17) is 13.2 Å². The third kappa shape index (κ3) is 11.8. The molecule has 0 radical (unpaired) electrons.